The van der Waals surface area contributed by atoms with E-state index in [1.54, 1.807) is 0 Å². The maximum absolute atomic E-state index is 14.5. The standard InChI is InChI=1S/C12H16BrFO8/c1-5(15)19-4-8-9(14)10(20-6(2)16)11(21-7(3)17)12(13,18)22-8/h8-11,18H,4H2,1-3H3/t8-,9+,10+,11-,12-/m1/s1. The van der Waals surface area contributed by atoms with Crippen LogP contribution in [0.3, 0.4) is 0 Å². The summed E-state index contributed by atoms with van der Waals surface area (Å²) in [6.07, 6.45) is -6.70. The Kier molecular flexibility index (Phi) is 6.27. The van der Waals surface area contributed by atoms with Gasteiger partial charge < -0.3 is 24.1 Å². The van der Waals surface area contributed by atoms with Crippen molar-refractivity contribution in [3.8, 4) is 0 Å². The molecule has 1 aliphatic rings. The molecule has 0 saturated carbocycles. The van der Waals surface area contributed by atoms with Gasteiger partial charge in [-0.25, -0.2) is 4.39 Å². The topological polar surface area (TPSA) is 108 Å². The van der Waals surface area contributed by atoms with E-state index >= 15 is 0 Å². The lowest BCUT2D eigenvalue weighted by atomic mass is 10.00. The van der Waals surface area contributed by atoms with E-state index in [0.29, 0.717) is 0 Å². The second-order valence-corrected chi connectivity index (χ2v) is 5.75. The first-order valence-electron chi connectivity index (χ1n) is 6.25. The number of halogens is 2. The van der Waals surface area contributed by atoms with Crippen molar-refractivity contribution in [2.45, 2.75) is 50.0 Å². The smallest absolute Gasteiger partial charge is 0.303 e. The minimum absolute atomic E-state index is 0.519. The largest absolute Gasteiger partial charge is 0.463 e. The molecule has 0 aliphatic carbocycles. The van der Waals surface area contributed by atoms with Gasteiger partial charge in [-0.2, -0.15) is 0 Å². The highest BCUT2D eigenvalue weighted by Crippen LogP contribution is 2.37. The Morgan fingerprint density at radius 2 is 1.73 bits per heavy atom. The number of aliphatic hydroxyl groups is 1. The van der Waals surface area contributed by atoms with Gasteiger partial charge in [0, 0.05) is 20.8 Å². The molecule has 1 rings (SSSR count). The lowest BCUT2D eigenvalue weighted by molar-refractivity contribution is -0.297. The number of carbonyl (C=O) groups excluding carboxylic acids is 3. The fourth-order valence-corrected chi connectivity index (χ4v) is 2.48. The van der Waals surface area contributed by atoms with Crippen molar-refractivity contribution in [2.75, 3.05) is 6.61 Å². The number of ether oxygens (including phenoxy) is 4. The summed E-state index contributed by atoms with van der Waals surface area (Å²) < 4.78 is 31.3. The molecule has 22 heavy (non-hydrogen) atoms. The minimum Gasteiger partial charge on any atom is -0.463 e. The molecule has 8 nitrogen and oxygen atoms in total. The van der Waals surface area contributed by atoms with Gasteiger partial charge in [0.05, 0.1) is 0 Å². The summed E-state index contributed by atoms with van der Waals surface area (Å²) in [6, 6.07) is 0. The molecule has 0 amide bonds. The number of hydrogen-bond acceptors (Lipinski definition) is 8. The van der Waals surface area contributed by atoms with Gasteiger partial charge >= 0.3 is 17.9 Å². The molecule has 1 saturated heterocycles. The predicted octanol–water partition coefficient (Wildman–Crippen LogP) is 0.191. The molecule has 5 atom stereocenters. The summed E-state index contributed by atoms with van der Waals surface area (Å²) in [7, 11) is 0. The lowest BCUT2D eigenvalue weighted by Gasteiger charge is -2.44. The van der Waals surface area contributed by atoms with Crippen LogP contribution in [0.2, 0.25) is 0 Å². The average Bonchev–Trinajstić information content (AvgIpc) is 2.35. The molecule has 1 heterocycles. The molecule has 0 spiro atoms. The molecule has 1 N–H and O–H groups in total. The van der Waals surface area contributed by atoms with Gasteiger partial charge in [-0.3, -0.25) is 14.4 Å². The molecule has 10 heteroatoms. The first kappa shape index (κ1) is 18.8. The van der Waals surface area contributed by atoms with Crippen molar-refractivity contribution >= 4 is 33.8 Å². The number of rotatable bonds is 4. The second kappa shape index (κ2) is 7.34. The predicted molar refractivity (Wildman–Crippen MR) is 71.4 cm³/mol. The van der Waals surface area contributed by atoms with E-state index in [-0.39, 0.29) is 0 Å². The van der Waals surface area contributed by atoms with Gasteiger partial charge in [0.2, 0.25) is 6.10 Å². The highest BCUT2D eigenvalue weighted by molar-refractivity contribution is 9.10. The number of hydrogen-bond donors (Lipinski definition) is 1. The van der Waals surface area contributed by atoms with Crippen LogP contribution in [0.25, 0.3) is 0 Å². The van der Waals surface area contributed by atoms with E-state index in [1.165, 1.54) is 0 Å². The van der Waals surface area contributed by atoms with Gasteiger partial charge in [0.15, 0.2) is 12.3 Å². The molecule has 0 bridgehead atoms. The Morgan fingerprint density at radius 1 is 1.18 bits per heavy atom. The van der Waals surface area contributed by atoms with Crippen molar-refractivity contribution in [1.29, 1.82) is 0 Å². The van der Waals surface area contributed by atoms with E-state index in [9.17, 15) is 23.9 Å². The van der Waals surface area contributed by atoms with Crippen LogP contribution in [0, 0.1) is 0 Å². The molecule has 0 unspecified atom stereocenters. The molecular weight excluding hydrogens is 371 g/mol. The Labute approximate surface area is 134 Å². The van der Waals surface area contributed by atoms with Gasteiger partial charge in [-0.15, -0.1) is 0 Å². The van der Waals surface area contributed by atoms with Crippen LogP contribution in [0.1, 0.15) is 20.8 Å². The minimum atomic E-state index is -2.31. The zero-order valence-electron chi connectivity index (χ0n) is 12.1. The third-order valence-corrected chi connectivity index (χ3v) is 3.32. The van der Waals surface area contributed by atoms with Crippen LogP contribution in [-0.2, 0) is 33.3 Å². The summed E-state index contributed by atoms with van der Waals surface area (Å²) in [5, 5.41) is 10.1. The zero-order chi connectivity index (χ0) is 17.1. The SMILES string of the molecule is CC(=O)OC[C@H]1O[C@@](O)(Br)[C@H](OC(C)=O)[C@@H](OC(C)=O)[C@H]1F. The van der Waals surface area contributed by atoms with E-state index in [4.69, 9.17) is 14.2 Å². The first-order valence-corrected chi connectivity index (χ1v) is 7.05. The summed E-state index contributed by atoms with van der Waals surface area (Å²) in [4.78, 5) is 33.0. The Hall–Kier alpha value is -1.26. The number of alkyl halides is 2. The van der Waals surface area contributed by atoms with Crippen LogP contribution >= 0.6 is 15.9 Å². The maximum atomic E-state index is 14.5. The van der Waals surface area contributed by atoms with Crippen molar-refractivity contribution in [3.05, 3.63) is 0 Å². The maximum Gasteiger partial charge on any atom is 0.303 e. The van der Waals surface area contributed by atoms with Gasteiger partial charge in [0.1, 0.15) is 12.7 Å². The monoisotopic (exact) mass is 386 g/mol. The second-order valence-electron chi connectivity index (χ2n) is 4.62. The molecule has 1 fully saturated rings. The fraction of sp³-hybridized carbons (Fsp3) is 0.750. The van der Waals surface area contributed by atoms with Crippen molar-refractivity contribution in [2.24, 2.45) is 0 Å². The normalized spacial score (nSPS) is 34.6. The molecule has 126 valence electrons. The average molecular weight is 387 g/mol. The lowest BCUT2D eigenvalue weighted by Crippen LogP contribution is -2.63. The van der Waals surface area contributed by atoms with E-state index in [1.807, 2.05) is 0 Å². The van der Waals surface area contributed by atoms with Crippen LogP contribution in [-0.4, -0.2) is 58.8 Å². The van der Waals surface area contributed by atoms with Gasteiger partial charge in [-0.1, -0.05) is 0 Å². The first-order chi connectivity index (χ1) is 10.0. The number of esters is 3. The van der Waals surface area contributed by atoms with Gasteiger partial charge in [-0.05, 0) is 15.9 Å². The van der Waals surface area contributed by atoms with Crippen LogP contribution in [0.4, 0.5) is 4.39 Å². The van der Waals surface area contributed by atoms with Gasteiger partial charge in [0.25, 0.3) is 4.70 Å². The summed E-state index contributed by atoms with van der Waals surface area (Å²) >= 11 is 2.75. The fourth-order valence-electron chi connectivity index (χ4n) is 1.89. The third kappa shape index (κ3) is 4.89. The summed E-state index contributed by atoms with van der Waals surface area (Å²) in [5.74, 6) is -2.37. The van der Waals surface area contributed by atoms with Crippen LogP contribution in [0.5, 0.6) is 0 Å². The summed E-state index contributed by atoms with van der Waals surface area (Å²) in [5.41, 5.74) is 0. The third-order valence-electron chi connectivity index (χ3n) is 2.68. The molecule has 1 aliphatic heterocycles. The van der Waals surface area contributed by atoms with Crippen LogP contribution < -0.4 is 0 Å². The molecule has 0 aromatic carbocycles. The van der Waals surface area contributed by atoms with E-state index in [0.717, 1.165) is 20.8 Å². The number of carbonyl (C=O) groups is 3. The quantitative estimate of drug-likeness (QED) is 0.414. The van der Waals surface area contributed by atoms with Crippen molar-refractivity contribution in [3.63, 3.8) is 0 Å². The molecule has 0 radical (unpaired) electrons. The molecule has 0 aromatic heterocycles. The zero-order valence-corrected chi connectivity index (χ0v) is 13.7. The van der Waals surface area contributed by atoms with Crippen molar-refractivity contribution in [1.82, 2.24) is 0 Å². The Bertz CT molecular complexity index is 454. The van der Waals surface area contributed by atoms with Crippen LogP contribution in [0.15, 0.2) is 0 Å². The van der Waals surface area contributed by atoms with Crippen molar-refractivity contribution < 1.29 is 42.8 Å². The van der Waals surface area contributed by atoms with E-state index in [2.05, 4.69) is 20.7 Å². The molecule has 0 aromatic rings. The summed E-state index contributed by atoms with van der Waals surface area (Å²) in [6.45, 7) is 2.66. The highest BCUT2D eigenvalue weighted by Gasteiger charge is 2.57. The van der Waals surface area contributed by atoms with E-state index < -0.39 is 53.7 Å². The Morgan fingerprint density at radius 3 is 2.18 bits per heavy atom. The Balaban J connectivity index is 3.01. The molecular formula is C12H16BrFO8. The highest BCUT2D eigenvalue weighted by atomic mass is 79.9.